The third-order valence-electron chi connectivity index (χ3n) is 3.91. The zero-order valence-corrected chi connectivity index (χ0v) is 15.8. The molecule has 0 saturated heterocycles. The third kappa shape index (κ3) is 4.85. The number of likely N-dealkylation sites (N-methyl/N-ethyl adjacent to an activating group) is 2. The van der Waals surface area contributed by atoms with Crippen LogP contribution in [-0.2, 0) is 6.42 Å². The average Bonchev–Trinajstić information content (AvgIpc) is 2.85. The standard InChI is InChI=1S/C16H26N4.HI/c1-5-13-6-8-14(9-7-13)15(19(2)3)12-18-16-17-10-11-20(16)4;/h6-9,15H,5,10-12H2,1-4H3,(H,17,18);1H. The molecule has 118 valence electrons. The second-order valence-electron chi connectivity index (χ2n) is 5.58. The average molecular weight is 402 g/mol. The highest BCUT2D eigenvalue weighted by molar-refractivity contribution is 14.0. The molecule has 21 heavy (non-hydrogen) atoms. The van der Waals surface area contributed by atoms with Crippen LogP contribution in [-0.4, -0.2) is 56.5 Å². The number of hydrogen-bond donors (Lipinski definition) is 1. The molecule has 0 fully saturated rings. The third-order valence-corrected chi connectivity index (χ3v) is 3.91. The quantitative estimate of drug-likeness (QED) is 0.768. The summed E-state index contributed by atoms with van der Waals surface area (Å²) in [6.07, 6.45) is 1.09. The van der Waals surface area contributed by atoms with Crippen molar-refractivity contribution in [2.45, 2.75) is 19.4 Å². The molecule has 5 heteroatoms. The smallest absolute Gasteiger partial charge is 0.193 e. The molecule has 0 saturated carbocycles. The molecular formula is C16H27IN4. The van der Waals surface area contributed by atoms with Gasteiger partial charge in [0, 0.05) is 20.1 Å². The van der Waals surface area contributed by atoms with Crippen LogP contribution in [0, 0.1) is 0 Å². The van der Waals surface area contributed by atoms with E-state index in [9.17, 15) is 0 Å². The van der Waals surface area contributed by atoms with Gasteiger partial charge in [-0.1, -0.05) is 31.2 Å². The van der Waals surface area contributed by atoms with E-state index in [1.54, 1.807) is 0 Å². The maximum Gasteiger partial charge on any atom is 0.193 e. The second-order valence-corrected chi connectivity index (χ2v) is 5.58. The summed E-state index contributed by atoms with van der Waals surface area (Å²) in [6, 6.07) is 9.30. The highest BCUT2D eigenvalue weighted by Crippen LogP contribution is 2.18. The minimum Gasteiger partial charge on any atom is -0.354 e. The molecule has 1 atom stereocenters. The Morgan fingerprint density at radius 1 is 1.29 bits per heavy atom. The van der Waals surface area contributed by atoms with E-state index in [1.807, 2.05) is 0 Å². The van der Waals surface area contributed by atoms with E-state index in [0.717, 1.165) is 32.0 Å². The van der Waals surface area contributed by atoms with Crippen LogP contribution in [0.1, 0.15) is 24.1 Å². The van der Waals surface area contributed by atoms with Gasteiger partial charge in [0.05, 0.1) is 12.6 Å². The molecule has 1 aliphatic heterocycles. The summed E-state index contributed by atoms with van der Waals surface area (Å²) in [6.45, 7) is 4.98. The van der Waals surface area contributed by atoms with Gasteiger partial charge in [0.15, 0.2) is 5.96 Å². The number of hydrogen-bond acceptors (Lipinski definition) is 4. The van der Waals surface area contributed by atoms with Crippen LogP contribution in [0.2, 0.25) is 0 Å². The van der Waals surface area contributed by atoms with E-state index >= 15 is 0 Å². The topological polar surface area (TPSA) is 30.9 Å². The molecule has 1 aromatic carbocycles. The van der Waals surface area contributed by atoms with Gasteiger partial charge in [0.1, 0.15) is 0 Å². The lowest BCUT2D eigenvalue weighted by Gasteiger charge is -2.27. The Bertz CT molecular complexity index is 456. The van der Waals surface area contributed by atoms with Gasteiger partial charge in [-0.2, -0.15) is 0 Å². The molecular weight excluding hydrogens is 375 g/mol. The zero-order valence-electron chi connectivity index (χ0n) is 13.5. The van der Waals surface area contributed by atoms with E-state index in [4.69, 9.17) is 0 Å². The van der Waals surface area contributed by atoms with E-state index < -0.39 is 0 Å². The lowest BCUT2D eigenvalue weighted by molar-refractivity contribution is 0.296. The molecule has 2 rings (SSSR count). The van der Waals surface area contributed by atoms with Crippen molar-refractivity contribution < 1.29 is 0 Å². The summed E-state index contributed by atoms with van der Waals surface area (Å²) in [7, 11) is 6.33. The molecule has 4 nitrogen and oxygen atoms in total. The highest BCUT2D eigenvalue weighted by Gasteiger charge is 2.17. The molecule has 1 aromatic rings. The molecule has 0 spiro atoms. The van der Waals surface area contributed by atoms with Gasteiger partial charge in [0.25, 0.3) is 0 Å². The Kier molecular flexibility index (Phi) is 7.45. The molecule has 0 aromatic heterocycles. The van der Waals surface area contributed by atoms with Crippen molar-refractivity contribution in [2.24, 2.45) is 4.99 Å². The predicted molar refractivity (Wildman–Crippen MR) is 101 cm³/mol. The van der Waals surface area contributed by atoms with Gasteiger partial charge in [0.2, 0.25) is 0 Å². The fourth-order valence-corrected chi connectivity index (χ4v) is 2.49. The second kappa shape index (κ2) is 8.58. The van der Waals surface area contributed by atoms with Crippen molar-refractivity contribution in [3.8, 4) is 0 Å². The number of aryl methyl sites for hydroxylation is 1. The molecule has 1 unspecified atom stereocenters. The first-order valence-corrected chi connectivity index (χ1v) is 7.36. The number of halogens is 1. The molecule has 1 N–H and O–H groups in total. The molecule has 1 aliphatic rings. The first-order valence-electron chi connectivity index (χ1n) is 7.36. The van der Waals surface area contributed by atoms with Gasteiger partial charge in [-0.05, 0) is 31.6 Å². The van der Waals surface area contributed by atoms with Gasteiger partial charge in [-0.3, -0.25) is 4.99 Å². The summed E-state index contributed by atoms with van der Waals surface area (Å²) in [5.74, 6) is 1.02. The minimum absolute atomic E-state index is 0. The summed E-state index contributed by atoms with van der Waals surface area (Å²) < 4.78 is 0. The number of rotatable bonds is 5. The summed E-state index contributed by atoms with van der Waals surface area (Å²) in [5.41, 5.74) is 2.74. The Morgan fingerprint density at radius 3 is 2.43 bits per heavy atom. The molecule has 0 bridgehead atoms. The van der Waals surface area contributed by atoms with Gasteiger partial charge >= 0.3 is 0 Å². The SMILES string of the molecule is CCc1ccc(C(CNC2=NCCN2C)N(C)C)cc1.I. The number of aliphatic imine (C=N–C) groups is 1. The molecule has 0 radical (unpaired) electrons. The normalized spacial score (nSPS) is 15.7. The summed E-state index contributed by atoms with van der Waals surface area (Å²) in [4.78, 5) is 8.91. The maximum absolute atomic E-state index is 4.48. The van der Waals surface area contributed by atoms with Crippen LogP contribution < -0.4 is 5.32 Å². The Hall–Kier alpha value is -0.820. The Morgan fingerprint density at radius 2 is 1.95 bits per heavy atom. The highest BCUT2D eigenvalue weighted by atomic mass is 127. The molecule has 1 heterocycles. The first-order chi connectivity index (χ1) is 9.61. The van der Waals surface area contributed by atoms with Crippen molar-refractivity contribution in [3.05, 3.63) is 35.4 Å². The van der Waals surface area contributed by atoms with E-state index in [1.165, 1.54) is 11.1 Å². The number of guanidine groups is 1. The van der Waals surface area contributed by atoms with Crippen molar-refractivity contribution in [1.82, 2.24) is 15.1 Å². The summed E-state index contributed by atoms with van der Waals surface area (Å²) in [5, 5.41) is 3.47. The van der Waals surface area contributed by atoms with Crippen LogP contribution in [0.4, 0.5) is 0 Å². The Balaban J connectivity index is 0.00000220. The van der Waals surface area contributed by atoms with Crippen LogP contribution in [0.5, 0.6) is 0 Å². The largest absolute Gasteiger partial charge is 0.354 e. The van der Waals surface area contributed by atoms with E-state index in [-0.39, 0.29) is 24.0 Å². The number of nitrogens with zero attached hydrogens (tertiary/aromatic N) is 3. The number of benzene rings is 1. The van der Waals surface area contributed by atoms with Crippen molar-refractivity contribution >= 4 is 29.9 Å². The number of nitrogens with one attached hydrogen (secondary N) is 1. The van der Waals surface area contributed by atoms with Crippen LogP contribution in [0.15, 0.2) is 29.3 Å². The lowest BCUT2D eigenvalue weighted by atomic mass is 10.0. The fraction of sp³-hybridized carbons (Fsp3) is 0.562. The van der Waals surface area contributed by atoms with Crippen LogP contribution in [0.3, 0.4) is 0 Å². The fourth-order valence-electron chi connectivity index (χ4n) is 2.49. The lowest BCUT2D eigenvalue weighted by Crippen LogP contribution is -2.40. The van der Waals surface area contributed by atoms with Crippen LogP contribution >= 0.6 is 24.0 Å². The van der Waals surface area contributed by atoms with Crippen molar-refractivity contribution in [3.63, 3.8) is 0 Å². The van der Waals surface area contributed by atoms with Gasteiger partial charge in [-0.25, -0.2) is 0 Å². The Labute approximate surface area is 145 Å². The summed E-state index contributed by atoms with van der Waals surface area (Å²) >= 11 is 0. The molecule has 0 amide bonds. The predicted octanol–water partition coefficient (Wildman–Crippen LogP) is 2.36. The van der Waals surface area contributed by atoms with Crippen molar-refractivity contribution in [1.29, 1.82) is 0 Å². The molecule has 0 aliphatic carbocycles. The zero-order chi connectivity index (χ0) is 14.5. The van der Waals surface area contributed by atoms with Gasteiger partial charge < -0.3 is 15.1 Å². The van der Waals surface area contributed by atoms with Gasteiger partial charge in [-0.15, -0.1) is 24.0 Å². The monoisotopic (exact) mass is 402 g/mol. The van der Waals surface area contributed by atoms with Crippen LogP contribution in [0.25, 0.3) is 0 Å². The van der Waals surface area contributed by atoms with E-state index in [0.29, 0.717) is 6.04 Å². The van der Waals surface area contributed by atoms with E-state index in [2.05, 4.69) is 72.4 Å². The van der Waals surface area contributed by atoms with Crippen molar-refractivity contribution in [2.75, 3.05) is 40.8 Å². The first kappa shape index (κ1) is 18.2. The maximum atomic E-state index is 4.48. The minimum atomic E-state index is 0.